The molecule has 1 aromatic carbocycles. The second-order valence-corrected chi connectivity index (χ2v) is 4.71. The van der Waals surface area contributed by atoms with Crippen LogP contribution in [-0.4, -0.2) is 4.98 Å². The molecule has 3 nitrogen and oxygen atoms in total. The molecule has 1 aromatic heterocycles. The number of ether oxygens (including phenoxy) is 1. The summed E-state index contributed by atoms with van der Waals surface area (Å²) in [4.78, 5) is 4.09. The summed E-state index contributed by atoms with van der Waals surface area (Å²) in [5.74, 6) is 0.0281. The van der Waals surface area contributed by atoms with Crippen molar-refractivity contribution in [3.63, 3.8) is 0 Å². The number of nitrogens with zero attached hydrogens (tertiary/aromatic N) is 1. The van der Waals surface area contributed by atoms with Crippen molar-refractivity contribution in [2.75, 3.05) is 0 Å². The fourth-order valence-corrected chi connectivity index (χ4v) is 1.90. The number of nitrogens with two attached hydrogens (primary N) is 1. The molecular weight excluding hydrogens is 299 g/mol. The first-order valence-electron chi connectivity index (χ1n) is 5.39. The number of aromatic nitrogens is 1. The topological polar surface area (TPSA) is 48.1 Å². The maximum absolute atomic E-state index is 13.7. The van der Waals surface area contributed by atoms with Crippen molar-refractivity contribution in [1.82, 2.24) is 4.98 Å². The molecular formula is C13H12BrFN2O. The Morgan fingerprint density at radius 3 is 2.83 bits per heavy atom. The van der Waals surface area contributed by atoms with Gasteiger partial charge in [0, 0.05) is 22.8 Å². The van der Waals surface area contributed by atoms with Crippen molar-refractivity contribution in [3.8, 4) is 11.6 Å². The Hall–Kier alpha value is -1.46. The number of hydrogen-bond donors (Lipinski definition) is 1. The van der Waals surface area contributed by atoms with Crippen LogP contribution in [0.5, 0.6) is 11.6 Å². The minimum atomic E-state index is -0.448. The van der Waals surface area contributed by atoms with Crippen LogP contribution in [0.2, 0.25) is 0 Å². The number of hydrogen-bond acceptors (Lipinski definition) is 3. The van der Waals surface area contributed by atoms with Gasteiger partial charge >= 0.3 is 0 Å². The van der Waals surface area contributed by atoms with E-state index in [4.69, 9.17) is 10.5 Å². The molecule has 0 spiro atoms. The highest BCUT2D eigenvalue weighted by atomic mass is 79.9. The third-order valence-electron chi connectivity index (χ3n) is 2.56. The molecule has 0 aliphatic rings. The monoisotopic (exact) mass is 310 g/mol. The molecule has 2 rings (SSSR count). The number of aryl methyl sites for hydroxylation is 1. The predicted molar refractivity (Wildman–Crippen MR) is 71.0 cm³/mol. The molecule has 2 aromatic rings. The summed E-state index contributed by atoms with van der Waals surface area (Å²) < 4.78 is 19.8. The largest absolute Gasteiger partial charge is 0.436 e. The smallest absolute Gasteiger partial charge is 0.224 e. The molecule has 5 heteroatoms. The molecule has 0 aliphatic carbocycles. The molecule has 0 atom stereocenters. The molecule has 0 unspecified atom stereocenters. The number of benzene rings is 1. The van der Waals surface area contributed by atoms with Gasteiger partial charge in [0.2, 0.25) is 5.88 Å². The minimum Gasteiger partial charge on any atom is -0.436 e. The van der Waals surface area contributed by atoms with Crippen LogP contribution >= 0.6 is 15.9 Å². The third-order valence-corrected chi connectivity index (χ3v) is 3.05. The summed E-state index contributed by atoms with van der Waals surface area (Å²) >= 11 is 3.19. The predicted octanol–water partition coefficient (Wildman–Crippen LogP) is 3.54. The SMILES string of the molecule is Cc1ccnc(Oc2ccc(Br)cc2F)c1CN. The van der Waals surface area contributed by atoms with Gasteiger partial charge in [-0.2, -0.15) is 0 Å². The van der Waals surface area contributed by atoms with Crippen molar-refractivity contribution >= 4 is 15.9 Å². The molecule has 2 N–H and O–H groups in total. The second-order valence-electron chi connectivity index (χ2n) is 3.79. The second kappa shape index (κ2) is 5.46. The van der Waals surface area contributed by atoms with Gasteiger partial charge in [-0.3, -0.25) is 0 Å². The van der Waals surface area contributed by atoms with Crippen LogP contribution in [0.1, 0.15) is 11.1 Å². The molecule has 0 bridgehead atoms. The van der Waals surface area contributed by atoms with Crippen molar-refractivity contribution < 1.29 is 9.13 Å². The summed E-state index contributed by atoms with van der Waals surface area (Å²) in [5, 5.41) is 0. The summed E-state index contributed by atoms with van der Waals surface area (Å²) in [7, 11) is 0. The summed E-state index contributed by atoms with van der Waals surface area (Å²) in [6, 6.07) is 6.43. The van der Waals surface area contributed by atoms with Crippen LogP contribution < -0.4 is 10.5 Å². The van der Waals surface area contributed by atoms with E-state index in [2.05, 4.69) is 20.9 Å². The van der Waals surface area contributed by atoms with Gasteiger partial charge in [-0.25, -0.2) is 9.37 Å². The molecule has 94 valence electrons. The van der Waals surface area contributed by atoms with Crippen LogP contribution in [0.25, 0.3) is 0 Å². The van der Waals surface area contributed by atoms with Crippen LogP contribution in [0.15, 0.2) is 34.9 Å². The van der Waals surface area contributed by atoms with Gasteiger partial charge in [-0.15, -0.1) is 0 Å². The normalized spacial score (nSPS) is 10.4. The van der Waals surface area contributed by atoms with E-state index >= 15 is 0 Å². The van der Waals surface area contributed by atoms with Gasteiger partial charge in [0.1, 0.15) is 0 Å². The Morgan fingerprint density at radius 1 is 1.39 bits per heavy atom. The zero-order valence-corrected chi connectivity index (χ0v) is 11.4. The maximum Gasteiger partial charge on any atom is 0.224 e. The van der Waals surface area contributed by atoms with Gasteiger partial charge in [0.25, 0.3) is 0 Å². The zero-order chi connectivity index (χ0) is 13.1. The lowest BCUT2D eigenvalue weighted by atomic mass is 10.1. The van der Waals surface area contributed by atoms with Gasteiger partial charge in [-0.05, 0) is 36.8 Å². The average molecular weight is 311 g/mol. The first-order chi connectivity index (χ1) is 8.61. The molecule has 0 amide bonds. The standard InChI is InChI=1S/C13H12BrFN2O/c1-8-4-5-17-13(10(8)7-16)18-12-3-2-9(14)6-11(12)15/h2-6H,7,16H2,1H3. The first-order valence-corrected chi connectivity index (χ1v) is 6.18. The highest BCUT2D eigenvalue weighted by molar-refractivity contribution is 9.10. The Balaban J connectivity index is 2.37. The lowest BCUT2D eigenvalue weighted by Crippen LogP contribution is -2.04. The number of halogens is 2. The van der Waals surface area contributed by atoms with E-state index in [0.29, 0.717) is 16.9 Å². The van der Waals surface area contributed by atoms with Crippen molar-refractivity contribution in [2.24, 2.45) is 5.73 Å². The highest BCUT2D eigenvalue weighted by Gasteiger charge is 2.11. The Kier molecular flexibility index (Phi) is 3.93. The summed E-state index contributed by atoms with van der Waals surface area (Å²) in [5.41, 5.74) is 7.40. The van der Waals surface area contributed by atoms with Gasteiger partial charge in [0.05, 0.1) is 0 Å². The molecule has 0 fully saturated rings. The first kappa shape index (κ1) is 13.0. The van der Waals surface area contributed by atoms with E-state index in [1.54, 1.807) is 18.3 Å². The quantitative estimate of drug-likeness (QED) is 0.943. The molecule has 0 aliphatic heterocycles. The van der Waals surface area contributed by atoms with Crippen molar-refractivity contribution in [3.05, 3.63) is 51.9 Å². The van der Waals surface area contributed by atoms with Crippen molar-refractivity contribution in [1.29, 1.82) is 0 Å². The van der Waals surface area contributed by atoms with Gasteiger partial charge in [0.15, 0.2) is 11.6 Å². The van der Waals surface area contributed by atoms with E-state index in [1.165, 1.54) is 6.07 Å². The van der Waals surface area contributed by atoms with E-state index in [-0.39, 0.29) is 5.75 Å². The van der Waals surface area contributed by atoms with E-state index in [1.807, 2.05) is 13.0 Å². The zero-order valence-electron chi connectivity index (χ0n) is 9.78. The number of pyridine rings is 1. The number of rotatable bonds is 3. The Morgan fingerprint density at radius 2 is 2.17 bits per heavy atom. The molecule has 0 radical (unpaired) electrons. The van der Waals surface area contributed by atoms with Gasteiger partial charge in [-0.1, -0.05) is 15.9 Å². The fourth-order valence-electron chi connectivity index (χ4n) is 1.56. The molecule has 18 heavy (non-hydrogen) atoms. The maximum atomic E-state index is 13.7. The molecule has 1 heterocycles. The lowest BCUT2D eigenvalue weighted by Gasteiger charge is -2.11. The van der Waals surface area contributed by atoms with Crippen LogP contribution in [0, 0.1) is 12.7 Å². The van der Waals surface area contributed by atoms with Crippen LogP contribution in [-0.2, 0) is 6.54 Å². The fraction of sp³-hybridized carbons (Fsp3) is 0.154. The average Bonchev–Trinajstić information content (AvgIpc) is 2.33. The summed E-state index contributed by atoms with van der Waals surface area (Å²) in [6.07, 6.45) is 1.61. The van der Waals surface area contributed by atoms with Crippen LogP contribution in [0.4, 0.5) is 4.39 Å². The molecule has 0 saturated carbocycles. The van der Waals surface area contributed by atoms with Crippen molar-refractivity contribution in [2.45, 2.75) is 13.5 Å². The highest BCUT2D eigenvalue weighted by Crippen LogP contribution is 2.28. The summed E-state index contributed by atoms with van der Waals surface area (Å²) in [6.45, 7) is 2.21. The molecule has 0 saturated heterocycles. The van der Waals surface area contributed by atoms with Gasteiger partial charge < -0.3 is 10.5 Å². The third kappa shape index (κ3) is 2.68. The Labute approximate surface area is 113 Å². The van der Waals surface area contributed by atoms with E-state index < -0.39 is 5.82 Å². The minimum absolute atomic E-state index is 0.131. The van der Waals surface area contributed by atoms with Crippen LogP contribution in [0.3, 0.4) is 0 Å². The van der Waals surface area contributed by atoms with E-state index in [0.717, 1.165) is 11.1 Å². The Bertz CT molecular complexity index is 575. The lowest BCUT2D eigenvalue weighted by molar-refractivity contribution is 0.422. The van der Waals surface area contributed by atoms with E-state index in [9.17, 15) is 4.39 Å².